The van der Waals surface area contributed by atoms with E-state index in [0.717, 1.165) is 25.7 Å². The molecule has 5 N–H and O–H groups in total. The third-order valence-electron chi connectivity index (χ3n) is 4.74. The highest BCUT2D eigenvalue weighted by atomic mass is 16.3. The lowest BCUT2D eigenvalue weighted by atomic mass is 9.88. The highest BCUT2D eigenvalue weighted by Crippen LogP contribution is 2.25. The zero-order chi connectivity index (χ0) is 17.9. The van der Waals surface area contributed by atoms with Crippen LogP contribution in [0.3, 0.4) is 0 Å². The number of hydrogen-bond acceptors (Lipinski definition) is 6. The average molecular weight is 335 g/mol. The maximum atomic E-state index is 11.6. The summed E-state index contributed by atoms with van der Waals surface area (Å²) in [6.07, 6.45) is 4.58. The van der Waals surface area contributed by atoms with Gasteiger partial charge in [-0.2, -0.15) is 4.98 Å². The monoisotopic (exact) mass is 335 g/mol. The lowest BCUT2D eigenvalue weighted by molar-refractivity contribution is 0.1000. The van der Waals surface area contributed by atoms with Crippen LogP contribution in [0.1, 0.15) is 63.7 Å². The molecular formula is C17H29N5O2. The number of amides is 1. The molecule has 1 fully saturated rings. The third-order valence-corrected chi connectivity index (χ3v) is 4.74. The van der Waals surface area contributed by atoms with E-state index in [1.165, 1.54) is 6.20 Å². The van der Waals surface area contributed by atoms with Crippen molar-refractivity contribution in [2.24, 2.45) is 11.1 Å². The summed E-state index contributed by atoms with van der Waals surface area (Å²) in [5.74, 6) is 0.384. The van der Waals surface area contributed by atoms with Crippen molar-refractivity contribution < 1.29 is 9.90 Å². The summed E-state index contributed by atoms with van der Waals surface area (Å²) in [6, 6.07) is 0.337. The molecule has 7 heteroatoms. The Labute approximate surface area is 143 Å². The summed E-state index contributed by atoms with van der Waals surface area (Å²) in [5, 5.41) is 16.2. The number of rotatable bonds is 5. The van der Waals surface area contributed by atoms with Gasteiger partial charge in [-0.1, -0.05) is 20.8 Å². The SMILES string of the molecule is C[C@@H](Nc1nc(N[C@H]2CC[C@H](O)CC2)ncc1C(N)=O)C(C)(C)C. The summed E-state index contributed by atoms with van der Waals surface area (Å²) < 4.78 is 0. The summed E-state index contributed by atoms with van der Waals surface area (Å²) in [6.45, 7) is 8.38. The first-order valence-electron chi connectivity index (χ1n) is 8.55. The number of anilines is 2. The fourth-order valence-corrected chi connectivity index (χ4v) is 2.57. The molecule has 0 bridgehead atoms. The third kappa shape index (κ3) is 4.80. The Bertz CT molecular complexity index is 577. The maximum absolute atomic E-state index is 11.6. The standard InChI is InChI=1S/C17H29N5O2/c1-10(17(2,3)4)20-15-13(14(18)24)9-19-16(22-15)21-11-5-7-12(23)8-6-11/h9-12,23H,5-8H2,1-4H3,(H2,18,24)(H2,19,20,21,22)/t10-,11-,12-/m1/s1. The Kier molecular flexibility index (Phi) is 5.64. The van der Waals surface area contributed by atoms with Crippen molar-refractivity contribution in [2.45, 2.75) is 71.6 Å². The van der Waals surface area contributed by atoms with Crippen LogP contribution >= 0.6 is 0 Å². The molecule has 134 valence electrons. The van der Waals surface area contributed by atoms with Gasteiger partial charge in [0.15, 0.2) is 0 Å². The second-order valence-corrected chi connectivity index (χ2v) is 7.70. The predicted octanol–water partition coefficient (Wildman–Crippen LogP) is 2.14. The number of aliphatic hydroxyl groups is 1. The van der Waals surface area contributed by atoms with Crippen molar-refractivity contribution in [2.75, 3.05) is 10.6 Å². The van der Waals surface area contributed by atoms with Crippen molar-refractivity contribution in [3.63, 3.8) is 0 Å². The number of carbonyl (C=O) groups is 1. The summed E-state index contributed by atoms with van der Waals surface area (Å²) in [5.41, 5.74) is 5.74. The minimum Gasteiger partial charge on any atom is -0.393 e. The van der Waals surface area contributed by atoms with Crippen LogP contribution in [0.4, 0.5) is 11.8 Å². The van der Waals surface area contributed by atoms with Crippen LogP contribution < -0.4 is 16.4 Å². The fourth-order valence-electron chi connectivity index (χ4n) is 2.57. The van der Waals surface area contributed by atoms with Crippen molar-refractivity contribution in [1.82, 2.24) is 9.97 Å². The molecule has 1 aliphatic rings. The van der Waals surface area contributed by atoms with E-state index in [1.807, 2.05) is 6.92 Å². The molecule has 1 amide bonds. The minimum atomic E-state index is -0.550. The van der Waals surface area contributed by atoms with Crippen LogP contribution in [-0.4, -0.2) is 39.2 Å². The van der Waals surface area contributed by atoms with Crippen molar-refractivity contribution >= 4 is 17.7 Å². The summed E-state index contributed by atoms with van der Waals surface area (Å²) in [4.78, 5) is 20.3. The van der Waals surface area contributed by atoms with Crippen LogP contribution in [0.15, 0.2) is 6.20 Å². The first-order chi connectivity index (χ1) is 11.2. The highest BCUT2D eigenvalue weighted by molar-refractivity contribution is 5.97. The zero-order valence-corrected chi connectivity index (χ0v) is 15.0. The van der Waals surface area contributed by atoms with Crippen LogP contribution in [0, 0.1) is 5.41 Å². The Morgan fingerprint density at radius 3 is 2.50 bits per heavy atom. The Morgan fingerprint density at radius 1 is 1.33 bits per heavy atom. The van der Waals surface area contributed by atoms with Gasteiger partial charge >= 0.3 is 0 Å². The van der Waals surface area contributed by atoms with E-state index in [-0.39, 0.29) is 29.2 Å². The van der Waals surface area contributed by atoms with Gasteiger partial charge in [-0.15, -0.1) is 0 Å². The van der Waals surface area contributed by atoms with Gasteiger partial charge in [-0.05, 0) is 38.0 Å². The average Bonchev–Trinajstić information content (AvgIpc) is 2.48. The van der Waals surface area contributed by atoms with Gasteiger partial charge in [0, 0.05) is 18.3 Å². The minimum absolute atomic E-state index is 0.00691. The molecule has 1 aliphatic carbocycles. The van der Waals surface area contributed by atoms with Crippen LogP contribution in [0.5, 0.6) is 0 Å². The quantitative estimate of drug-likeness (QED) is 0.655. The normalized spacial score (nSPS) is 22.7. The molecule has 7 nitrogen and oxygen atoms in total. The molecule has 1 atom stereocenters. The lowest BCUT2D eigenvalue weighted by Gasteiger charge is -2.29. The molecule has 2 rings (SSSR count). The van der Waals surface area contributed by atoms with E-state index in [0.29, 0.717) is 11.8 Å². The van der Waals surface area contributed by atoms with Crippen molar-refractivity contribution in [1.29, 1.82) is 0 Å². The van der Waals surface area contributed by atoms with Gasteiger partial charge in [0.1, 0.15) is 5.82 Å². The molecule has 0 saturated heterocycles. The molecular weight excluding hydrogens is 306 g/mol. The van der Waals surface area contributed by atoms with E-state index < -0.39 is 5.91 Å². The van der Waals surface area contributed by atoms with Crippen LogP contribution in [-0.2, 0) is 0 Å². The molecule has 0 aliphatic heterocycles. The van der Waals surface area contributed by atoms with E-state index in [2.05, 4.69) is 41.4 Å². The fraction of sp³-hybridized carbons (Fsp3) is 0.706. The van der Waals surface area contributed by atoms with Crippen LogP contribution in [0.25, 0.3) is 0 Å². The van der Waals surface area contributed by atoms with E-state index in [9.17, 15) is 9.90 Å². The van der Waals surface area contributed by atoms with Gasteiger partial charge in [0.2, 0.25) is 5.95 Å². The first kappa shape index (κ1) is 18.4. The number of nitrogens with one attached hydrogen (secondary N) is 2. The van der Waals surface area contributed by atoms with Gasteiger partial charge in [0.25, 0.3) is 5.91 Å². The Hall–Kier alpha value is -1.89. The van der Waals surface area contributed by atoms with Gasteiger partial charge in [-0.25, -0.2) is 4.98 Å². The molecule has 0 radical (unpaired) electrons. The smallest absolute Gasteiger partial charge is 0.254 e. The maximum Gasteiger partial charge on any atom is 0.254 e. The van der Waals surface area contributed by atoms with E-state index in [4.69, 9.17) is 5.73 Å². The molecule has 0 aromatic carbocycles. The molecule has 0 spiro atoms. The first-order valence-corrected chi connectivity index (χ1v) is 8.55. The van der Waals surface area contributed by atoms with E-state index >= 15 is 0 Å². The molecule has 1 heterocycles. The second-order valence-electron chi connectivity index (χ2n) is 7.70. The summed E-state index contributed by atoms with van der Waals surface area (Å²) in [7, 11) is 0. The Balaban J connectivity index is 2.16. The topological polar surface area (TPSA) is 113 Å². The molecule has 1 saturated carbocycles. The highest BCUT2D eigenvalue weighted by Gasteiger charge is 2.24. The summed E-state index contributed by atoms with van der Waals surface area (Å²) >= 11 is 0. The second kappa shape index (κ2) is 7.34. The number of aliphatic hydroxyl groups excluding tert-OH is 1. The van der Waals surface area contributed by atoms with Crippen molar-refractivity contribution in [3.05, 3.63) is 11.8 Å². The number of hydrogen-bond donors (Lipinski definition) is 4. The largest absolute Gasteiger partial charge is 0.393 e. The molecule has 24 heavy (non-hydrogen) atoms. The van der Waals surface area contributed by atoms with Crippen molar-refractivity contribution in [3.8, 4) is 0 Å². The number of nitrogens with zero attached hydrogens (tertiary/aromatic N) is 2. The number of primary amides is 1. The van der Waals surface area contributed by atoms with E-state index in [1.54, 1.807) is 0 Å². The zero-order valence-electron chi connectivity index (χ0n) is 15.0. The van der Waals surface area contributed by atoms with Gasteiger partial charge in [0.05, 0.1) is 11.7 Å². The number of nitrogens with two attached hydrogens (primary N) is 1. The van der Waals surface area contributed by atoms with Gasteiger partial charge in [-0.3, -0.25) is 4.79 Å². The van der Waals surface area contributed by atoms with Crippen LogP contribution in [0.2, 0.25) is 0 Å². The Morgan fingerprint density at radius 2 is 1.96 bits per heavy atom. The molecule has 0 unspecified atom stereocenters. The van der Waals surface area contributed by atoms with Gasteiger partial charge < -0.3 is 21.5 Å². The molecule has 1 aromatic rings. The number of aromatic nitrogens is 2. The predicted molar refractivity (Wildman–Crippen MR) is 95.0 cm³/mol. The number of carbonyl (C=O) groups excluding carboxylic acids is 1. The molecule has 1 aromatic heterocycles. The lowest BCUT2D eigenvalue weighted by Crippen LogP contribution is -2.33.